The van der Waals surface area contributed by atoms with Gasteiger partial charge in [-0.1, -0.05) is 78.4 Å². The Morgan fingerprint density at radius 1 is 1.19 bits per heavy atom. The summed E-state index contributed by atoms with van der Waals surface area (Å²) in [4.78, 5) is 0. The molecule has 4 fully saturated rings. The zero-order chi connectivity index (χ0) is 19.4. The molecule has 0 radical (unpaired) electrons. The van der Waals surface area contributed by atoms with Gasteiger partial charge in [-0.25, -0.2) is 0 Å². The molecular weight excluding hydrogens is 327 g/mol. The minimum Gasteiger partial charge on any atom is -0.502 e. The van der Waals surface area contributed by atoms with E-state index in [1.54, 1.807) is 12.8 Å². The third-order valence-electron chi connectivity index (χ3n) is 10.2. The highest BCUT2D eigenvalue weighted by atomic mass is 16.5. The third-order valence-corrected chi connectivity index (χ3v) is 10.2. The van der Waals surface area contributed by atoms with Gasteiger partial charge in [-0.2, -0.15) is 0 Å². The number of hydrogen-bond acceptors (Lipinski definition) is 1. The molecule has 4 rings (SSSR count). The van der Waals surface area contributed by atoms with Gasteiger partial charge in [-0.3, -0.25) is 0 Å². The fraction of sp³-hybridized carbons (Fsp3) is 0.920. The van der Waals surface area contributed by atoms with E-state index < -0.39 is 0 Å². The van der Waals surface area contributed by atoms with Crippen LogP contribution in [0.1, 0.15) is 80.1 Å². The van der Waals surface area contributed by atoms with E-state index in [0.29, 0.717) is 5.41 Å². The van der Waals surface area contributed by atoms with E-state index >= 15 is 0 Å². The Bertz CT molecular complexity index is 569. The number of hydrogen-bond donors (Lipinski definition) is 0. The summed E-state index contributed by atoms with van der Waals surface area (Å²) in [7, 11) is 0. The fourth-order valence-corrected chi connectivity index (χ4v) is 8.30. The van der Waals surface area contributed by atoms with Crippen molar-refractivity contribution in [1.82, 2.24) is 0 Å². The number of allylic oxidation sites excluding steroid dienone is 1. The van der Waals surface area contributed by atoms with Gasteiger partial charge < -0.3 is 4.74 Å². The van der Waals surface area contributed by atoms with Crippen LogP contribution in [0.25, 0.3) is 0 Å². The standard InChI is InChI=1S/C25H43BO/c1-7-11-27-12-9-10-26(23-18(4)22-15-21-16-25(21,22)23)17(3)13-20-14-19(8-2)24(20,5)6/h9,12,17-23H,7-8,10-11,13-16H2,1-6H3/b12-9-/t17?,18?,19?,20?,21?,22?,23-,25?/m0/s1. The molecule has 27 heavy (non-hydrogen) atoms. The summed E-state index contributed by atoms with van der Waals surface area (Å²) in [6.07, 6.45) is 14.1. The molecule has 152 valence electrons. The smallest absolute Gasteiger partial charge is 0.151 e. The van der Waals surface area contributed by atoms with Crippen molar-refractivity contribution in [2.45, 2.75) is 98.0 Å². The van der Waals surface area contributed by atoms with Crippen molar-refractivity contribution in [3.8, 4) is 0 Å². The summed E-state index contributed by atoms with van der Waals surface area (Å²) in [6.45, 7) is 16.5. The van der Waals surface area contributed by atoms with Crippen LogP contribution in [0.4, 0.5) is 0 Å². The lowest BCUT2D eigenvalue weighted by Gasteiger charge is -2.62. The Balaban J connectivity index is 1.41. The molecule has 1 spiro atoms. The largest absolute Gasteiger partial charge is 0.502 e. The molecule has 4 aliphatic rings. The first-order valence-electron chi connectivity index (χ1n) is 12.1. The third kappa shape index (κ3) is 2.94. The predicted octanol–water partition coefficient (Wildman–Crippen LogP) is 7.32. The number of ether oxygens (including phenoxy) is 1. The van der Waals surface area contributed by atoms with Crippen molar-refractivity contribution in [2.75, 3.05) is 6.61 Å². The summed E-state index contributed by atoms with van der Waals surface area (Å²) in [5.41, 5.74) is 1.38. The van der Waals surface area contributed by atoms with Crippen LogP contribution in [0.5, 0.6) is 0 Å². The molecule has 0 heterocycles. The van der Waals surface area contributed by atoms with Gasteiger partial charge in [-0.15, -0.1) is 0 Å². The van der Waals surface area contributed by atoms with E-state index in [0.717, 1.165) is 66.4 Å². The van der Waals surface area contributed by atoms with Crippen molar-refractivity contribution in [3.63, 3.8) is 0 Å². The summed E-state index contributed by atoms with van der Waals surface area (Å²) < 4.78 is 5.66. The monoisotopic (exact) mass is 370 g/mol. The van der Waals surface area contributed by atoms with Crippen LogP contribution in [0, 0.1) is 40.4 Å². The van der Waals surface area contributed by atoms with E-state index in [1.807, 2.05) is 6.26 Å². The molecule has 2 heteroatoms. The van der Waals surface area contributed by atoms with E-state index in [2.05, 4.69) is 47.6 Å². The summed E-state index contributed by atoms with van der Waals surface area (Å²) in [5, 5.41) is 0. The SMILES string of the molecule is CCCO/C=C\CB(C(C)CC1CC(CC)C1(C)C)[C@H]1C(C)C2CC3CC321. The highest BCUT2D eigenvalue weighted by Gasteiger charge is 2.80. The molecule has 4 aliphatic carbocycles. The van der Waals surface area contributed by atoms with E-state index in [4.69, 9.17) is 4.74 Å². The van der Waals surface area contributed by atoms with Gasteiger partial charge in [0.15, 0.2) is 6.71 Å². The topological polar surface area (TPSA) is 9.23 Å². The molecule has 0 saturated heterocycles. The normalized spacial score (nSPS) is 44.4. The molecular formula is C25H43BO. The first-order valence-corrected chi connectivity index (χ1v) is 12.1. The van der Waals surface area contributed by atoms with Crippen molar-refractivity contribution < 1.29 is 4.74 Å². The van der Waals surface area contributed by atoms with Crippen LogP contribution in [0.3, 0.4) is 0 Å². The van der Waals surface area contributed by atoms with Crippen LogP contribution in [-0.4, -0.2) is 13.3 Å². The molecule has 0 aliphatic heterocycles. The van der Waals surface area contributed by atoms with Gasteiger partial charge in [0.25, 0.3) is 0 Å². The summed E-state index contributed by atoms with van der Waals surface area (Å²) in [6, 6.07) is 0. The average Bonchev–Trinajstić information content (AvgIpc) is 3.27. The van der Waals surface area contributed by atoms with Gasteiger partial charge in [0.05, 0.1) is 12.9 Å². The quantitative estimate of drug-likeness (QED) is 0.222. The van der Waals surface area contributed by atoms with Gasteiger partial charge in [-0.05, 0) is 66.1 Å². The molecule has 0 aromatic heterocycles. The van der Waals surface area contributed by atoms with Gasteiger partial charge >= 0.3 is 0 Å². The van der Waals surface area contributed by atoms with E-state index in [-0.39, 0.29) is 0 Å². The predicted molar refractivity (Wildman–Crippen MR) is 117 cm³/mol. The zero-order valence-corrected chi connectivity index (χ0v) is 18.8. The Kier molecular flexibility index (Phi) is 5.26. The average molecular weight is 370 g/mol. The second kappa shape index (κ2) is 7.14. The van der Waals surface area contributed by atoms with Crippen LogP contribution in [0.15, 0.2) is 12.3 Å². The van der Waals surface area contributed by atoms with Crippen molar-refractivity contribution >= 4 is 6.71 Å². The molecule has 4 saturated carbocycles. The minimum atomic E-state index is 0.568. The van der Waals surface area contributed by atoms with Gasteiger partial charge in [0.2, 0.25) is 0 Å². The Morgan fingerprint density at radius 3 is 2.56 bits per heavy atom. The lowest BCUT2D eigenvalue weighted by molar-refractivity contribution is -0.0389. The Labute approximate surface area is 169 Å². The molecule has 0 N–H and O–H groups in total. The molecule has 1 nitrogen and oxygen atoms in total. The maximum Gasteiger partial charge on any atom is 0.151 e. The highest BCUT2D eigenvalue weighted by molar-refractivity contribution is 6.63. The first kappa shape index (κ1) is 19.9. The van der Waals surface area contributed by atoms with Crippen molar-refractivity contribution in [2.24, 2.45) is 40.4 Å². The molecule has 0 aromatic rings. The maximum absolute atomic E-state index is 5.66. The number of rotatable bonds is 10. The molecule has 0 bridgehead atoms. The van der Waals surface area contributed by atoms with Crippen LogP contribution in [-0.2, 0) is 4.74 Å². The van der Waals surface area contributed by atoms with Gasteiger partial charge in [0.1, 0.15) is 0 Å². The molecule has 0 amide bonds. The lowest BCUT2D eigenvalue weighted by atomic mass is 9.20. The molecule has 8 atom stereocenters. The van der Waals surface area contributed by atoms with E-state index in [1.165, 1.54) is 25.6 Å². The van der Waals surface area contributed by atoms with Crippen molar-refractivity contribution in [1.29, 1.82) is 0 Å². The Morgan fingerprint density at radius 2 is 1.96 bits per heavy atom. The maximum atomic E-state index is 5.66. The molecule has 0 aromatic carbocycles. The summed E-state index contributed by atoms with van der Waals surface area (Å²) in [5.74, 6) is 6.93. The second-order valence-corrected chi connectivity index (χ2v) is 11.5. The lowest BCUT2D eigenvalue weighted by Crippen LogP contribution is -2.57. The van der Waals surface area contributed by atoms with Crippen LogP contribution < -0.4 is 0 Å². The van der Waals surface area contributed by atoms with Crippen molar-refractivity contribution in [3.05, 3.63) is 12.3 Å². The fourth-order valence-electron chi connectivity index (χ4n) is 8.30. The minimum absolute atomic E-state index is 0.568. The summed E-state index contributed by atoms with van der Waals surface area (Å²) >= 11 is 0. The Hall–Kier alpha value is -0.395. The van der Waals surface area contributed by atoms with Crippen LogP contribution in [0.2, 0.25) is 18.0 Å². The highest BCUT2D eigenvalue weighted by Crippen LogP contribution is 2.88. The first-order chi connectivity index (χ1) is 12.9. The van der Waals surface area contributed by atoms with E-state index in [9.17, 15) is 0 Å². The molecule has 7 unspecified atom stereocenters. The van der Waals surface area contributed by atoms with Gasteiger partial charge in [0, 0.05) is 0 Å². The second-order valence-electron chi connectivity index (χ2n) is 11.5. The van der Waals surface area contributed by atoms with Crippen LogP contribution >= 0.6 is 0 Å². The zero-order valence-electron chi connectivity index (χ0n) is 18.8.